The molecule has 1 heterocycles. The van der Waals surface area contributed by atoms with E-state index in [1.807, 2.05) is 0 Å². The molecule has 2 aromatic rings. The number of aromatic nitrogens is 2. The number of carboxylic acid groups (broad SMARTS) is 1. The fourth-order valence-electron chi connectivity index (χ4n) is 1.95. The highest BCUT2D eigenvalue weighted by molar-refractivity contribution is 6.31. The van der Waals surface area contributed by atoms with Crippen molar-refractivity contribution < 1.29 is 14.7 Å². The number of aryl methyl sites for hydroxylation is 2. The van der Waals surface area contributed by atoms with Gasteiger partial charge in [-0.2, -0.15) is 5.10 Å². The second kappa shape index (κ2) is 6.44. The second-order valence-corrected chi connectivity index (χ2v) is 4.94. The van der Waals surface area contributed by atoms with E-state index < -0.39 is 11.9 Å². The minimum Gasteiger partial charge on any atom is -0.478 e. The van der Waals surface area contributed by atoms with Gasteiger partial charge in [-0.05, 0) is 25.1 Å². The summed E-state index contributed by atoms with van der Waals surface area (Å²) in [6.07, 6.45) is 2.83. The number of nitrogens with zero attached hydrogens (tertiary/aromatic N) is 2. The van der Waals surface area contributed by atoms with E-state index in [0.717, 1.165) is 0 Å². The van der Waals surface area contributed by atoms with Crippen LogP contribution in [0.5, 0.6) is 0 Å². The number of rotatable bonds is 4. The van der Waals surface area contributed by atoms with Crippen molar-refractivity contribution >= 4 is 35.2 Å². The quantitative estimate of drug-likeness (QED) is 0.849. The Hall–Kier alpha value is -2.60. The number of amides is 1. The fraction of sp³-hybridized carbons (Fsp3) is 0.133. The van der Waals surface area contributed by atoms with E-state index in [1.54, 1.807) is 32.2 Å². The molecule has 0 atom stereocenters. The average molecular weight is 320 g/mol. The molecule has 0 unspecified atom stereocenters. The lowest BCUT2D eigenvalue weighted by atomic mass is 10.2. The molecule has 0 aliphatic rings. The molecular weight excluding hydrogens is 306 g/mol. The first-order valence-electron chi connectivity index (χ1n) is 6.40. The molecule has 0 bridgehead atoms. The summed E-state index contributed by atoms with van der Waals surface area (Å²) in [6.45, 7) is 1.78. The van der Waals surface area contributed by atoms with Crippen LogP contribution in [0.25, 0.3) is 6.08 Å². The summed E-state index contributed by atoms with van der Waals surface area (Å²) in [5.74, 6) is -1.56. The van der Waals surface area contributed by atoms with E-state index in [2.05, 4.69) is 10.4 Å². The molecule has 0 aliphatic heterocycles. The van der Waals surface area contributed by atoms with Crippen molar-refractivity contribution in [2.45, 2.75) is 6.92 Å². The highest BCUT2D eigenvalue weighted by Crippen LogP contribution is 2.20. The molecule has 0 saturated carbocycles. The van der Waals surface area contributed by atoms with Gasteiger partial charge in [-0.25, -0.2) is 4.79 Å². The fourth-order valence-corrected chi connectivity index (χ4v) is 2.19. The topological polar surface area (TPSA) is 84.2 Å². The molecule has 114 valence electrons. The summed E-state index contributed by atoms with van der Waals surface area (Å²) in [7, 11) is 1.70. The predicted molar refractivity (Wildman–Crippen MR) is 84.0 cm³/mol. The van der Waals surface area contributed by atoms with Crippen LogP contribution in [0, 0.1) is 6.92 Å². The number of benzene rings is 1. The molecule has 2 N–H and O–H groups in total. The second-order valence-electron chi connectivity index (χ2n) is 4.59. The number of nitrogens with one attached hydrogen (secondary N) is 1. The summed E-state index contributed by atoms with van der Waals surface area (Å²) < 4.78 is 1.51. The number of anilines is 1. The Morgan fingerprint density at radius 1 is 1.36 bits per heavy atom. The van der Waals surface area contributed by atoms with Crippen LogP contribution >= 0.6 is 11.6 Å². The van der Waals surface area contributed by atoms with Crippen molar-refractivity contribution in [3.8, 4) is 0 Å². The Kier molecular flexibility index (Phi) is 4.62. The number of carbonyl (C=O) groups excluding carboxylic acids is 1. The highest BCUT2D eigenvalue weighted by Gasteiger charge is 2.11. The molecule has 6 nitrogen and oxygen atoms in total. The largest absolute Gasteiger partial charge is 0.478 e. The molecule has 0 spiro atoms. The van der Waals surface area contributed by atoms with Crippen LogP contribution in [-0.2, 0) is 11.8 Å². The highest BCUT2D eigenvalue weighted by atomic mass is 35.5. The van der Waals surface area contributed by atoms with E-state index in [9.17, 15) is 9.59 Å². The zero-order valence-electron chi connectivity index (χ0n) is 12.0. The van der Waals surface area contributed by atoms with Crippen molar-refractivity contribution in [1.82, 2.24) is 9.78 Å². The zero-order valence-corrected chi connectivity index (χ0v) is 12.8. The number of carboxylic acids is 1. The maximum Gasteiger partial charge on any atom is 0.337 e. The summed E-state index contributed by atoms with van der Waals surface area (Å²) in [5, 5.41) is 16.2. The summed E-state index contributed by atoms with van der Waals surface area (Å²) in [6, 6.07) is 6.18. The van der Waals surface area contributed by atoms with Crippen LogP contribution in [0.1, 0.15) is 21.6 Å². The van der Waals surface area contributed by atoms with Crippen LogP contribution < -0.4 is 5.32 Å². The van der Waals surface area contributed by atoms with E-state index in [4.69, 9.17) is 16.7 Å². The maximum absolute atomic E-state index is 11.9. The van der Waals surface area contributed by atoms with Crippen molar-refractivity contribution in [2.24, 2.45) is 7.05 Å². The smallest absolute Gasteiger partial charge is 0.337 e. The van der Waals surface area contributed by atoms with E-state index in [-0.39, 0.29) is 11.3 Å². The van der Waals surface area contributed by atoms with Gasteiger partial charge in [0.15, 0.2) is 0 Å². The van der Waals surface area contributed by atoms with E-state index in [0.29, 0.717) is 16.4 Å². The third kappa shape index (κ3) is 3.35. The third-order valence-corrected chi connectivity index (χ3v) is 3.46. The van der Waals surface area contributed by atoms with Gasteiger partial charge in [0.2, 0.25) is 5.91 Å². The average Bonchev–Trinajstić information content (AvgIpc) is 2.70. The van der Waals surface area contributed by atoms with Gasteiger partial charge in [0.1, 0.15) is 5.15 Å². The van der Waals surface area contributed by atoms with Gasteiger partial charge < -0.3 is 10.4 Å². The van der Waals surface area contributed by atoms with Crippen LogP contribution in [-0.4, -0.2) is 26.8 Å². The molecule has 1 amide bonds. The molecule has 2 rings (SSSR count). The Morgan fingerprint density at radius 3 is 2.64 bits per heavy atom. The van der Waals surface area contributed by atoms with Gasteiger partial charge in [0, 0.05) is 18.7 Å². The summed E-state index contributed by atoms with van der Waals surface area (Å²) in [4.78, 5) is 23.0. The van der Waals surface area contributed by atoms with Gasteiger partial charge in [-0.15, -0.1) is 0 Å². The molecular formula is C15H14ClN3O3. The lowest BCUT2D eigenvalue weighted by molar-refractivity contribution is -0.111. The molecule has 1 aromatic heterocycles. The molecule has 0 radical (unpaired) electrons. The molecule has 1 aromatic carbocycles. The van der Waals surface area contributed by atoms with Gasteiger partial charge in [-0.1, -0.05) is 23.7 Å². The molecule has 22 heavy (non-hydrogen) atoms. The van der Waals surface area contributed by atoms with Gasteiger partial charge in [0.25, 0.3) is 0 Å². The Morgan fingerprint density at radius 2 is 2.05 bits per heavy atom. The first kappa shape index (κ1) is 15.8. The minimum absolute atomic E-state index is 0.0276. The monoisotopic (exact) mass is 319 g/mol. The number of para-hydroxylation sites is 1. The van der Waals surface area contributed by atoms with Crippen molar-refractivity contribution in [3.63, 3.8) is 0 Å². The first-order chi connectivity index (χ1) is 10.4. The van der Waals surface area contributed by atoms with Crippen molar-refractivity contribution in [3.05, 3.63) is 52.3 Å². The molecule has 0 fully saturated rings. The lowest BCUT2D eigenvalue weighted by Gasteiger charge is -2.05. The predicted octanol–water partition coefficient (Wildman–Crippen LogP) is 2.73. The summed E-state index contributed by atoms with van der Waals surface area (Å²) in [5.41, 5.74) is 1.60. The molecule has 0 saturated heterocycles. The van der Waals surface area contributed by atoms with Crippen LogP contribution in [0.2, 0.25) is 5.15 Å². The number of hydrogen-bond donors (Lipinski definition) is 2. The first-order valence-corrected chi connectivity index (χ1v) is 6.78. The van der Waals surface area contributed by atoms with Crippen LogP contribution in [0.4, 0.5) is 5.69 Å². The SMILES string of the molecule is Cc1nn(C)c(Cl)c1C=CC(=O)Nc1ccccc1C(=O)O. The Balaban J connectivity index is 2.17. The Bertz CT molecular complexity index is 765. The van der Waals surface area contributed by atoms with E-state index in [1.165, 1.54) is 22.9 Å². The standard InChI is InChI=1S/C15H14ClN3O3/c1-9-10(14(16)19(2)18-9)7-8-13(20)17-12-6-4-3-5-11(12)15(21)22/h3-8H,1-2H3,(H,17,20)(H,21,22). The lowest BCUT2D eigenvalue weighted by Crippen LogP contribution is -2.11. The zero-order chi connectivity index (χ0) is 16.3. The number of aromatic carboxylic acids is 1. The van der Waals surface area contributed by atoms with Crippen molar-refractivity contribution in [1.29, 1.82) is 0 Å². The van der Waals surface area contributed by atoms with E-state index >= 15 is 0 Å². The number of halogens is 1. The third-order valence-electron chi connectivity index (χ3n) is 3.01. The molecule has 0 aliphatic carbocycles. The normalized spacial score (nSPS) is 10.9. The number of hydrogen-bond acceptors (Lipinski definition) is 3. The van der Waals surface area contributed by atoms with Gasteiger partial charge in [-0.3, -0.25) is 9.48 Å². The summed E-state index contributed by atoms with van der Waals surface area (Å²) >= 11 is 6.06. The number of carbonyl (C=O) groups is 2. The van der Waals surface area contributed by atoms with Gasteiger partial charge in [0.05, 0.1) is 16.9 Å². The van der Waals surface area contributed by atoms with Gasteiger partial charge >= 0.3 is 5.97 Å². The minimum atomic E-state index is -1.11. The van der Waals surface area contributed by atoms with Crippen LogP contribution in [0.3, 0.4) is 0 Å². The Labute approximate surface area is 132 Å². The van der Waals surface area contributed by atoms with Crippen molar-refractivity contribution in [2.75, 3.05) is 5.32 Å². The van der Waals surface area contributed by atoms with Crippen LogP contribution in [0.15, 0.2) is 30.3 Å². The maximum atomic E-state index is 11.9. The molecule has 7 heteroatoms.